The fraction of sp³-hybridized carbons (Fsp3) is 0.417. The van der Waals surface area contributed by atoms with Gasteiger partial charge in [-0.1, -0.05) is 11.6 Å². The second-order valence-electron chi connectivity index (χ2n) is 3.96. The van der Waals surface area contributed by atoms with E-state index in [4.69, 9.17) is 16.3 Å². The number of nitrogens with zero attached hydrogens (tertiary/aromatic N) is 3. The molecule has 0 aromatic carbocycles. The topological polar surface area (TPSA) is 54.8 Å². The molecule has 0 aliphatic heterocycles. The molecule has 0 N–H and O–H groups in total. The molecule has 0 aliphatic rings. The van der Waals surface area contributed by atoms with Gasteiger partial charge in [-0.05, 0) is 26.0 Å². The molecular weight excluding hydrogens is 311 g/mol. The highest BCUT2D eigenvalue weighted by molar-refractivity contribution is 6.35. The number of hydrogen-bond acceptors (Lipinski definition) is 5. The number of carbonyl (C=O) groups excluding carboxylic acids is 1. The van der Waals surface area contributed by atoms with E-state index in [1.54, 1.807) is 6.92 Å². The van der Waals surface area contributed by atoms with Gasteiger partial charge in [-0.15, -0.1) is 0 Å². The maximum atomic E-state index is 12.7. The van der Waals surface area contributed by atoms with Crippen LogP contribution in [0.2, 0.25) is 5.15 Å². The highest BCUT2D eigenvalue weighted by Gasteiger charge is 2.32. The first-order valence-corrected chi connectivity index (χ1v) is 6.23. The van der Waals surface area contributed by atoms with E-state index < -0.39 is 17.7 Å². The highest BCUT2D eigenvalue weighted by Crippen LogP contribution is 2.32. The van der Waals surface area contributed by atoms with Crippen molar-refractivity contribution in [2.45, 2.75) is 20.0 Å². The lowest BCUT2D eigenvalue weighted by Gasteiger charge is -2.15. The Labute approximate surface area is 124 Å². The smallest absolute Gasteiger partial charge is 0.416 e. The maximum absolute atomic E-state index is 12.7. The largest absolute Gasteiger partial charge is 0.461 e. The van der Waals surface area contributed by atoms with Crippen molar-refractivity contribution in [3.63, 3.8) is 0 Å². The third-order valence-corrected chi connectivity index (χ3v) is 2.50. The Morgan fingerprint density at radius 1 is 1.48 bits per heavy atom. The molecule has 0 bridgehead atoms. The van der Waals surface area contributed by atoms with Gasteiger partial charge < -0.3 is 4.74 Å². The average molecular weight is 324 g/mol. The van der Waals surface area contributed by atoms with Gasteiger partial charge in [0.15, 0.2) is 5.82 Å². The van der Waals surface area contributed by atoms with Crippen LogP contribution in [-0.2, 0) is 15.7 Å². The Bertz CT molecular complexity index is 561. The summed E-state index contributed by atoms with van der Waals surface area (Å²) in [6, 6.07) is 1.49. The summed E-state index contributed by atoms with van der Waals surface area (Å²) in [5.41, 5.74) is -0.969. The number of hydrazone groups is 1. The molecule has 0 atom stereocenters. The fourth-order valence-corrected chi connectivity index (χ4v) is 1.57. The van der Waals surface area contributed by atoms with E-state index >= 15 is 0 Å². The number of halogens is 4. The molecule has 1 aromatic rings. The van der Waals surface area contributed by atoms with E-state index in [1.165, 1.54) is 14.0 Å². The molecule has 116 valence electrons. The molecule has 1 aromatic heterocycles. The summed E-state index contributed by atoms with van der Waals surface area (Å²) in [5, 5.41) is 4.51. The Hall–Kier alpha value is -1.83. The van der Waals surface area contributed by atoms with Crippen LogP contribution in [0.3, 0.4) is 0 Å². The Morgan fingerprint density at radius 3 is 2.62 bits per heavy atom. The molecule has 0 saturated carbocycles. The van der Waals surface area contributed by atoms with E-state index in [2.05, 4.69) is 10.1 Å². The summed E-state index contributed by atoms with van der Waals surface area (Å²) in [4.78, 5) is 15.1. The molecular formula is C12H13ClF3N3O2. The van der Waals surface area contributed by atoms with Gasteiger partial charge in [-0.2, -0.15) is 18.3 Å². The van der Waals surface area contributed by atoms with Gasteiger partial charge in [0.05, 0.1) is 12.2 Å². The minimum absolute atomic E-state index is 0.0188. The summed E-state index contributed by atoms with van der Waals surface area (Å²) in [7, 11) is 1.35. The zero-order valence-corrected chi connectivity index (χ0v) is 12.3. The van der Waals surface area contributed by atoms with Crippen molar-refractivity contribution in [3.05, 3.63) is 22.8 Å². The number of anilines is 1. The second kappa shape index (κ2) is 6.75. The lowest BCUT2D eigenvalue weighted by Crippen LogP contribution is -2.21. The molecule has 9 heteroatoms. The van der Waals surface area contributed by atoms with E-state index in [0.29, 0.717) is 6.07 Å². The molecule has 0 spiro atoms. The number of esters is 1. The van der Waals surface area contributed by atoms with Crippen molar-refractivity contribution in [2.24, 2.45) is 5.10 Å². The lowest BCUT2D eigenvalue weighted by atomic mass is 10.2. The first-order valence-electron chi connectivity index (χ1n) is 5.86. The lowest BCUT2D eigenvalue weighted by molar-refractivity contribution is -0.137. The number of pyridine rings is 1. The Morgan fingerprint density at radius 2 is 2.10 bits per heavy atom. The van der Waals surface area contributed by atoms with E-state index in [9.17, 15) is 18.0 Å². The number of ether oxygens (including phenoxy) is 1. The van der Waals surface area contributed by atoms with Crippen LogP contribution >= 0.6 is 11.6 Å². The molecule has 0 fully saturated rings. The minimum Gasteiger partial charge on any atom is -0.461 e. The monoisotopic (exact) mass is 323 g/mol. The number of alkyl halides is 3. The number of hydrogen-bond donors (Lipinski definition) is 0. The molecule has 0 radical (unpaired) electrons. The first kappa shape index (κ1) is 17.2. The van der Waals surface area contributed by atoms with Crippen LogP contribution in [0.4, 0.5) is 19.0 Å². The van der Waals surface area contributed by atoms with E-state index in [0.717, 1.165) is 11.1 Å². The second-order valence-corrected chi connectivity index (χ2v) is 4.35. The van der Waals surface area contributed by atoms with Crippen molar-refractivity contribution in [1.82, 2.24) is 4.98 Å². The average Bonchev–Trinajstić information content (AvgIpc) is 2.37. The van der Waals surface area contributed by atoms with Crippen molar-refractivity contribution >= 4 is 29.1 Å². The summed E-state index contributed by atoms with van der Waals surface area (Å²) in [5.74, 6) is -0.805. The van der Waals surface area contributed by atoms with E-state index in [-0.39, 0.29) is 23.3 Å². The van der Waals surface area contributed by atoms with Gasteiger partial charge in [-0.25, -0.2) is 9.78 Å². The van der Waals surface area contributed by atoms with Crippen LogP contribution in [0, 0.1) is 0 Å². The first-order chi connectivity index (χ1) is 9.65. The summed E-state index contributed by atoms with van der Waals surface area (Å²) >= 11 is 5.57. The molecule has 0 aliphatic carbocycles. The summed E-state index contributed by atoms with van der Waals surface area (Å²) in [6.07, 6.45) is -4.55. The predicted molar refractivity (Wildman–Crippen MR) is 72.4 cm³/mol. The zero-order valence-electron chi connectivity index (χ0n) is 11.5. The molecule has 21 heavy (non-hydrogen) atoms. The van der Waals surface area contributed by atoms with Crippen molar-refractivity contribution in [1.29, 1.82) is 0 Å². The molecule has 0 saturated heterocycles. The standard InChI is InChI=1S/C12H13ClF3N3O2/c1-4-21-11(20)7(2)18-19(3)10-6-8(12(14,15)16)5-9(13)17-10/h5-6H,4H2,1-3H3/b18-7-. The van der Waals surface area contributed by atoms with Crippen LogP contribution in [0.5, 0.6) is 0 Å². The SMILES string of the molecule is CCOC(=O)/C(C)=N\N(C)c1cc(C(F)(F)F)cc(Cl)n1. The zero-order chi connectivity index (χ0) is 16.2. The van der Waals surface area contributed by atoms with Crippen LogP contribution < -0.4 is 5.01 Å². The fourth-order valence-electron chi connectivity index (χ4n) is 1.37. The number of aromatic nitrogens is 1. The normalized spacial score (nSPS) is 12.2. The third kappa shape index (κ3) is 4.89. The quantitative estimate of drug-likeness (QED) is 0.370. The van der Waals surface area contributed by atoms with Gasteiger partial charge in [0.25, 0.3) is 0 Å². The van der Waals surface area contributed by atoms with Crippen molar-refractivity contribution < 1.29 is 22.7 Å². The third-order valence-electron chi connectivity index (χ3n) is 2.31. The van der Waals surface area contributed by atoms with Crippen LogP contribution in [-0.4, -0.2) is 30.3 Å². The van der Waals surface area contributed by atoms with Crippen LogP contribution in [0.15, 0.2) is 17.2 Å². The van der Waals surface area contributed by atoms with Gasteiger partial charge in [0, 0.05) is 7.05 Å². The minimum atomic E-state index is -4.55. The van der Waals surface area contributed by atoms with Gasteiger partial charge in [0.2, 0.25) is 0 Å². The number of carbonyl (C=O) groups is 1. The van der Waals surface area contributed by atoms with Gasteiger partial charge in [0.1, 0.15) is 10.9 Å². The Balaban J connectivity index is 3.08. The van der Waals surface area contributed by atoms with E-state index in [1.807, 2.05) is 0 Å². The molecule has 0 unspecified atom stereocenters. The molecule has 0 amide bonds. The van der Waals surface area contributed by atoms with Crippen LogP contribution in [0.1, 0.15) is 19.4 Å². The van der Waals surface area contributed by atoms with Gasteiger partial charge in [-0.3, -0.25) is 5.01 Å². The summed E-state index contributed by atoms with van der Waals surface area (Å²) in [6.45, 7) is 3.18. The summed E-state index contributed by atoms with van der Waals surface area (Å²) < 4.78 is 42.8. The van der Waals surface area contributed by atoms with Crippen LogP contribution in [0.25, 0.3) is 0 Å². The Kier molecular flexibility index (Phi) is 5.54. The molecule has 5 nitrogen and oxygen atoms in total. The maximum Gasteiger partial charge on any atom is 0.416 e. The predicted octanol–water partition coefficient (Wildman–Crippen LogP) is 3.13. The molecule has 1 rings (SSSR count). The molecule has 1 heterocycles. The highest BCUT2D eigenvalue weighted by atomic mass is 35.5. The van der Waals surface area contributed by atoms with Crippen molar-refractivity contribution in [2.75, 3.05) is 18.7 Å². The van der Waals surface area contributed by atoms with Gasteiger partial charge >= 0.3 is 12.1 Å². The van der Waals surface area contributed by atoms with Crippen molar-refractivity contribution in [3.8, 4) is 0 Å². The number of rotatable bonds is 4.